The Morgan fingerprint density at radius 1 is 0.806 bits per heavy atom. The second-order valence-electron chi connectivity index (χ2n) is 8.48. The summed E-state index contributed by atoms with van der Waals surface area (Å²) in [6, 6.07) is 25.4. The van der Waals surface area contributed by atoms with Crippen molar-refractivity contribution in [3.63, 3.8) is 0 Å². The van der Waals surface area contributed by atoms with Crippen molar-refractivity contribution in [2.75, 3.05) is 23.3 Å². The highest BCUT2D eigenvalue weighted by atomic mass is 15.0. The molecule has 1 aromatic heterocycles. The topological polar surface area (TPSA) is 77.0 Å². The zero-order valence-corrected chi connectivity index (χ0v) is 18.2. The summed E-state index contributed by atoms with van der Waals surface area (Å²) in [4.78, 5) is 4.63. The van der Waals surface area contributed by atoms with Crippen LogP contribution in [-0.2, 0) is 12.8 Å². The van der Waals surface area contributed by atoms with Gasteiger partial charge in [0.25, 0.3) is 0 Å². The maximum Gasteiger partial charge on any atom is 0.149 e. The molecule has 5 N–H and O–H groups in total. The lowest BCUT2D eigenvalue weighted by Gasteiger charge is -2.20. The molecule has 0 aliphatic carbocycles. The van der Waals surface area contributed by atoms with E-state index in [0.29, 0.717) is 17.4 Å². The van der Waals surface area contributed by atoms with E-state index < -0.39 is 0 Å². The van der Waals surface area contributed by atoms with E-state index in [1.54, 1.807) is 0 Å². The molecule has 4 heteroatoms. The Morgan fingerprint density at radius 2 is 1.42 bits per heavy atom. The molecule has 0 unspecified atom stereocenters. The van der Waals surface area contributed by atoms with Gasteiger partial charge in [0, 0.05) is 11.9 Å². The molecule has 0 amide bonds. The molecule has 4 nitrogen and oxygen atoms in total. The summed E-state index contributed by atoms with van der Waals surface area (Å²) in [5.41, 5.74) is 20.0. The van der Waals surface area contributed by atoms with Gasteiger partial charge in [-0.25, -0.2) is 4.98 Å². The molecule has 3 aromatic carbocycles. The van der Waals surface area contributed by atoms with E-state index in [1.165, 1.54) is 22.3 Å². The lowest BCUT2D eigenvalue weighted by Crippen LogP contribution is -2.13. The largest absolute Gasteiger partial charge is 0.394 e. The van der Waals surface area contributed by atoms with E-state index in [1.807, 2.05) is 6.07 Å². The van der Waals surface area contributed by atoms with E-state index in [4.69, 9.17) is 11.5 Å². The zero-order chi connectivity index (χ0) is 21.8. The number of benzene rings is 3. The number of nitrogens with two attached hydrogens (primary N) is 2. The van der Waals surface area contributed by atoms with Crippen LogP contribution in [0.5, 0.6) is 0 Å². The molecule has 0 aliphatic rings. The summed E-state index contributed by atoms with van der Waals surface area (Å²) in [7, 11) is 0. The normalized spacial score (nSPS) is 11.2. The van der Waals surface area contributed by atoms with Crippen LogP contribution in [0.25, 0.3) is 10.9 Å². The average molecular weight is 411 g/mol. The van der Waals surface area contributed by atoms with Crippen LogP contribution in [0.3, 0.4) is 0 Å². The van der Waals surface area contributed by atoms with Crippen molar-refractivity contribution in [2.24, 2.45) is 5.92 Å². The Labute approximate surface area is 184 Å². The van der Waals surface area contributed by atoms with Crippen LogP contribution < -0.4 is 16.8 Å². The van der Waals surface area contributed by atoms with Gasteiger partial charge < -0.3 is 16.8 Å². The summed E-state index contributed by atoms with van der Waals surface area (Å²) in [6.45, 7) is 5.18. The number of hydrogen-bond acceptors (Lipinski definition) is 4. The molecule has 0 atom stereocenters. The van der Waals surface area contributed by atoms with Crippen LogP contribution in [0.15, 0.2) is 72.8 Å². The fraction of sp³-hybridized carbons (Fsp3) is 0.222. The highest BCUT2D eigenvalue weighted by Crippen LogP contribution is 2.37. The lowest BCUT2D eigenvalue weighted by molar-refractivity contribution is 0.689. The number of nitrogens with zero attached hydrogens (tertiary/aromatic N) is 1. The summed E-state index contributed by atoms with van der Waals surface area (Å²) in [6.07, 6.45) is 1.66. The van der Waals surface area contributed by atoms with E-state index in [-0.39, 0.29) is 0 Å². The molecule has 4 rings (SSSR count). The molecular weight excluding hydrogens is 380 g/mol. The molecule has 0 saturated heterocycles. The summed E-state index contributed by atoms with van der Waals surface area (Å²) < 4.78 is 0. The van der Waals surface area contributed by atoms with Crippen LogP contribution in [0, 0.1) is 5.92 Å². The van der Waals surface area contributed by atoms with Gasteiger partial charge in [0.05, 0.1) is 16.9 Å². The van der Waals surface area contributed by atoms with Crippen molar-refractivity contribution < 1.29 is 0 Å². The molecule has 0 spiro atoms. The highest BCUT2D eigenvalue weighted by Gasteiger charge is 2.18. The van der Waals surface area contributed by atoms with Crippen molar-refractivity contribution in [1.29, 1.82) is 0 Å². The fourth-order valence-electron chi connectivity index (χ4n) is 3.98. The monoisotopic (exact) mass is 410 g/mol. The first-order chi connectivity index (χ1) is 15.0. The molecule has 4 aromatic rings. The fourth-order valence-corrected chi connectivity index (χ4v) is 3.98. The number of aromatic nitrogens is 1. The summed E-state index contributed by atoms with van der Waals surface area (Å²) in [5, 5.41) is 4.64. The summed E-state index contributed by atoms with van der Waals surface area (Å²) >= 11 is 0. The SMILES string of the molecule is CC(C)CNc1c(N)c(N)nc2ccc(Cc3ccccc3)c(Cc3ccccc3)c12. The standard InChI is InChI=1S/C27H30N4/c1-18(2)17-30-26-24-22(16-20-11-7-4-8-12-20)21(15-19-9-5-3-6-10-19)13-14-23(24)31-27(29)25(26)28/h3-14,18H,15-17,28H2,1-2H3,(H3,29,30,31). The van der Waals surface area contributed by atoms with Gasteiger partial charge in [0.15, 0.2) is 0 Å². The third-order valence-electron chi connectivity index (χ3n) is 5.57. The minimum Gasteiger partial charge on any atom is -0.394 e. The van der Waals surface area contributed by atoms with Crippen LogP contribution in [0.1, 0.15) is 36.1 Å². The predicted octanol–water partition coefficient (Wildman–Crippen LogP) is 5.65. The van der Waals surface area contributed by atoms with Crippen molar-refractivity contribution >= 4 is 28.1 Å². The predicted molar refractivity (Wildman–Crippen MR) is 132 cm³/mol. The lowest BCUT2D eigenvalue weighted by atomic mass is 9.91. The summed E-state index contributed by atoms with van der Waals surface area (Å²) in [5.74, 6) is 0.856. The van der Waals surface area contributed by atoms with Gasteiger partial charge in [-0.05, 0) is 47.1 Å². The van der Waals surface area contributed by atoms with E-state index in [9.17, 15) is 0 Å². The van der Waals surface area contributed by atoms with Gasteiger partial charge in [0.2, 0.25) is 0 Å². The molecule has 0 radical (unpaired) electrons. The number of pyridine rings is 1. The minimum atomic E-state index is 0.375. The number of anilines is 3. The van der Waals surface area contributed by atoms with Crippen molar-refractivity contribution in [3.8, 4) is 0 Å². The Morgan fingerprint density at radius 3 is 2.03 bits per heavy atom. The third kappa shape index (κ3) is 4.64. The van der Waals surface area contributed by atoms with Gasteiger partial charge in [-0.1, -0.05) is 80.6 Å². The molecule has 158 valence electrons. The molecule has 31 heavy (non-hydrogen) atoms. The van der Waals surface area contributed by atoms with Gasteiger partial charge in [0.1, 0.15) is 5.82 Å². The molecular formula is C27H30N4. The van der Waals surface area contributed by atoms with Crippen LogP contribution in [0.4, 0.5) is 17.2 Å². The number of nitrogen functional groups attached to an aromatic ring is 2. The zero-order valence-electron chi connectivity index (χ0n) is 18.2. The van der Waals surface area contributed by atoms with E-state index >= 15 is 0 Å². The van der Waals surface area contributed by atoms with Crippen molar-refractivity contribution in [2.45, 2.75) is 26.7 Å². The Balaban J connectivity index is 1.93. The quantitative estimate of drug-likeness (QED) is 0.368. The number of rotatable bonds is 7. The maximum absolute atomic E-state index is 6.45. The Bertz CT molecular complexity index is 1170. The third-order valence-corrected chi connectivity index (χ3v) is 5.57. The van der Waals surface area contributed by atoms with Gasteiger partial charge in [-0.15, -0.1) is 0 Å². The Kier molecular flexibility index (Phi) is 6.08. The van der Waals surface area contributed by atoms with E-state index in [0.717, 1.165) is 36.0 Å². The van der Waals surface area contributed by atoms with Gasteiger partial charge >= 0.3 is 0 Å². The maximum atomic E-state index is 6.45. The number of fused-ring (bicyclic) bond motifs is 1. The molecule has 0 bridgehead atoms. The smallest absolute Gasteiger partial charge is 0.149 e. The Hall–Kier alpha value is -3.53. The van der Waals surface area contributed by atoms with Gasteiger partial charge in [-0.2, -0.15) is 0 Å². The van der Waals surface area contributed by atoms with Crippen LogP contribution in [0.2, 0.25) is 0 Å². The number of nitrogens with one attached hydrogen (secondary N) is 1. The van der Waals surface area contributed by atoms with Crippen LogP contribution >= 0.6 is 0 Å². The molecule has 0 fully saturated rings. The molecule has 1 heterocycles. The van der Waals surface area contributed by atoms with Crippen molar-refractivity contribution in [3.05, 3.63) is 95.1 Å². The number of hydrogen-bond donors (Lipinski definition) is 3. The minimum absolute atomic E-state index is 0.375. The highest BCUT2D eigenvalue weighted by molar-refractivity contribution is 6.03. The molecule has 0 saturated carbocycles. The molecule has 0 aliphatic heterocycles. The first-order valence-corrected chi connectivity index (χ1v) is 10.8. The second-order valence-corrected chi connectivity index (χ2v) is 8.48. The van der Waals surface area contributed by atoms with E-state index in [2.05, 4.69) is 90.9 Å². The first kappa shape index (κ1) is 20.7. The van der Waals surface area contributed by atoms with Gasteiger partial charge in [-0.3, -0.25) is 0 Å². The average Bonchev–Trinajstić information content (AvgIpc) is 2.77. The second kappa shape index (κ2) is 9.09. The van der Waals surface area contributed by atoms with Crippen LogP contribution in [-0.4, -0.2) is 11.5 Å². The first-order valence-electron chi connectivity index (χ1n) is 10.8. The van der Waals surface area contributed by atoms with Crippen molar-refractivity contribution in [1.82, 2.24) is 4.98 Å².